The van der Waals surface area contributed by atoms with E-state index in [1.165, 1.54) is 18.4 Å². The third-order valence-corrected chi connectivity index (χ3v) is 24.3. The smallest absolute Gasteiger partial charge is 0.163 e. The summed E-state index contributed by atoms with van der Waals surface area (Å²) in [6, 6.07) is 23.7. The third-order valence-electron chi connectivity index (χ3n) is 23.6. The number of nitrogens with one attached hydrogen (secondary N) is 1. The van der Waals surface area contributed by atoms with Gasteiger partial charge in [-0.2, -0.15) is 0 Å². The monoisotopic (exact) mass is 1350 g/mol. The second-order valence-electron chi connectivity index (χ2n) is 29.3. The summed E-state index contributed by atoms with van der Waals surface area (Å²) >= 11 is 15.5. The molecule has 510 valence electrons. The highest BCUT2D eigenvalue weighted by Crippen LogP contribution is 2.50. The molecule has 1 spiro atoms. The average Bonchev–Trinajstić information content (AvgIpc) is 1.62. The van der Waals surface area contributed by atoms with Crippen LogP contribution in [0, 0.1) is 13.8 Å². The van der Waals surface area contributed by atoms with Crippen molar-refractivity contribution in [3.05, 3.63) is 146 Å². The van der Waals surface area contributed by atoms with E-state index in [0.29, 0.717) is 16.0 Å². The van der Waals surface area contributed by atoms with Gasteiger partial charge in [-0.1, -0.05) is 35.3 Å². The Kier molecular flexibility index (Phi) is 17.2. The lowest BCUT2D eigenvalue weighted by molar-refractivity contribution is 0.108. The number of likely N-dealkylation sites (N-methyl/N-ethyl adjacent to an activating group) is 3. The van der Waals surface area contributed by atoms with E-state index in [2.05, 4.69) is 180 Å². The van der Waals surface area contributed by atoms with Crippen molar-refractivity contribution in [3.63, 3.8) is 0 Å². The van der Waals surface area contributed by atoms with Crippen LogP contribution in [-0.2, 0) is 6.61 Å². The van der Waals surface area contributed by atoms with Crippen molar-refractivity contribution in [1.29, 1.82) is 0 Å². The average molecular weight is 1350 g/mol. The van der Waals surface area contributed by atoms with Crippen LogP contribution in [0.15, 0.2) is 85.3 Å². The molecule has 97 heavy (non-hydrogen) atoms. The number of nitrogens with two attached hydrogens (primary N) is 1. The maximum atomic E-state index is 11.2. The van der Waals surface area contributed by atoms with E-state index < -0.39 is 0 Å². The van der Waals surface area contributed by atoms with Gasteiger partial charge in [0.15, 0.2) is 5.65 Å². The van der Waals surface area contributed by atoms with Crippen LogP contribution in [0.2, 0.25) is 10.2 Å². The number of aryl methyl sites for hydroxylation is 2. The van der Waals surface area contributed by atoms with Crippen molar-refractivity contribution in [2.24, 2.45) is 0 Å². The molecule has 15 heterocycles. The fraction of sp³-hybridized carbons (Fsp3) is 0.514. The number of imidazole rings is 3. The number of rotatable bonds is 13. The number of anilines is 6. The normalized spacial score (nSPS) is 24.4. The second kappa shape index (κ2) is 25.8. The van der Waals surface area contributed by atoms with Crippen LogP contribution in [0.1, 0.15) is 158 Å². The van der Waals surface area contributed by atoms with Gasteiger partial charge in [-0.3, -0.25) is 47.8 Å². The molecule has 0 bridgehead atoms. The van der Waals surface area contributed by atoms with Crippen LogP contribution in [0.25, 0.3) is 28.1 Å². The minimum Gasteiger partial charge on any atom is -0.390 e. The van der Waals surface area contributed by atoms with E-state index in [-0.39, 0.29) is 48.4 Å². The number of hydrogen-bond acceptors (Lipinski definition) is 18. The Balaban J connectivity index is 0.689. The Morgan fingerprint density at radius 2 is 1.10 bits per heavy atom. The predicted molar refractivity (Wildman–Crippen MR) is 388 cm³/mol. The molecule has 7 fully saturated rings. The summed E-state index contributed by atoms with van der Waals surface area (Å²) in [6.45, 7) is 14.5. The molecule has 23 heteroatoms. The van der Waals surface area contributed by atoms with Crippen LogP contribution in [0.4, 0.5) is 34.6 Å². The van der Waals surface area contributed by atoms with Crippen LogP contribution >= 0.6 is 23.2 Å². The molecular formula is C74H94Cl2N20O. The largest absolute Gasteiger partial charge is 0.390 e. The maximum Gasteiger partial charge on any atom is 0.163 e. The van der Waals surface area contributed by atoms with E-state index in [9.17, 15) is 5.11 Å². The first kappa shape index (κ1) is 64.5. The molecule has 0 unspecified atom stereocenters. The van der Waals surface area contributed by atoms with Crippen molar-refractivity contribution < 1.29 is 5.11 Å². The summed E-state index contributed by atoms with van der Waals surface area (Å²) in [4.78, 5) is 53.8. The number of piperidine rings is 3. The highest BCUT2D eigenvalue weighted by molar-refractivity contribution is 6.34. The standard InChI is InChI=1S/C74H94Cl2N20O/c1-46-14-13-28-78-65(46)52-15-10-20-57(89(52)7)70-72(77)95-60(83-70)41-48(42-63(95)92-37-32-86(4)33-38-92)49-40-47(2)66(80-43-49)53-16-9-19-56(88(53)6)69-71(76)96-62(91-35-30-85(3)31-36-91)24-23-51(73(96)84-69)81-50-25-29-79-68(64(50)75)55-18-11-17-54(90(55)8)67-58(44-97)94-59(82-67)21-12-22-61(94)93-39-34-87(5)74(45-93)26-27-74/h12-14,21-25,28-29,40-43,52-57,97H,9-11,15-20,26-27,30-39,44-45,77H2,1-8H3,(H,79,81)/t52-,53-,54+,55-,56+,57+/m0/s1. The number of fused-ring (bicyclic) bond motifs is 3. The van der Waals surface area contributed by atoms with Gasteiger partial charge in [0.05, 0.1) is 93.4 Å². The van der Waals surface area contributed by atoms with E-state index >= 15 is 0 Å². The van der Waals surface area contributed by atoms with Gasteiger partial charge in [0.25, 0.3) is 0 Å². The zero-order valence-electron chi connectivity index (χ0n) is 57.6. The van der Waals surface area contributed by atoms with Crippen LogP contribution < -0.4 is 25.8 Å². The van der Waals surface area contributed by atoms with Crippen molar-refractivity contribution in [2.45, 2.75) is 133 Å². The van der Waals surface area contributed by atoms with Crippen molar-refractivity contribution in [2.75, 3.05) is 140 Å². The number of nitrogen functional groups attached to an aromatic ring is 1. The summed E-state index contributed by atoms with van der Waals surface area (Å²) in [6.07, 6.45) is 17.0. The number of aliphatic hydroxyl groups is 1. The minimum absolute atomic E-state index is 0.0245. The van der Waals surface area contributed by atoms with Gasteiger partial charge < -0.3 is 40.7 Å². The molecular weight excluding hydrogens is 1260 g/mol. The fourth-order valence-corrected chi connectivity index (χ4v) is 18.2. The van der Waals surface area contributed by atoms with E-state index in [4.69, 9.17) is 58.8 Å². The van der Waals surface area contributed by atoms with Crippen molar-refractivity contribution in [3.8, 4) is 11.1 Å². The molecule has 6 saturated heterocycles. The summed E-state index contributed by atoms with van der Waals surface area (Å²) in [5.74, 6) is 3.90. The molecule has 6 atom stereocenters. The first-order chi connectivity index (χ1) is 47.1. The van der Waals surface area contributed by atoms with E-state index in [1.807, 2.05) is 24.5 Å². The molecule has 9 aromatic rings. The molecule has 0 amide bonds. The summed E-state index contributed by atoms with van der Waals surface area (Å²) in [5, 5.41) is 16.2. The second-order valence-corrected chi connectivity index (χ2v) is 30.0. The SMILES string of the molecule is Cc1cccnc1[C@@H]1CCC[C@H](c2nc3cc(-c4cnc([C@@H]5CCC[C@H](c6nc7c(Nc8ccnc([C@@H]9CCC[C@H](c%10nc%11cccc(N%12CCN(C)C%13(CC%13)C%12)n%11c%10CO)N9C)c8Cl)ccc(N8CCN(C)CC8)n7c6Cl)N5C)c(C)c4)cc(N4CCN(C)CC4)n3c2N)N1C. The van der Waals surface area contributed by atoms with Crippen LogP contribution in [0.3, 0.4) is 0 Å². The molecule has 21 nitrogen and oxygen atoms in total. The first-order valence-electron chi connectivity index (χ1n) is 35.5. The van der Waals surface area contributed by atoms with E-state index in [0.717, 1.165) is 232 Å². The van der Waals surface area contributed by atoms with Gasteiger partial charge in [0.1, 0.15) is 45.4 Å². The van der Waals surface area contributed by atoms with Crippen molar-refractivity contribution in [1.82, 2.24) is 72.5 Å². The summed E-state index contributed by atoms with van der Waals surface area (Å²) in [5.41, 5.74) is 22.6. The lowest BCUT2D eigenvalue weighted by Crippen LogP contribution is -2.53. The lowest BCUT2D eigenvalue weighted by Gasteiger charge is -2.41. The van der Waals surface area contributed by atoms with Gasteiger partial charge in [-0.15, -0.1) is 0 Å². The van der Waals surface area contributed by atoms with Gasteiger partial charge >= 0.3 is 0 Å². The van der Waals surface area contributed by atoms with Gasteiger partial charge in [0, 0.05) is 102 Å². The lowest BCUT2D eigenvalue weighted by atomic mass is 9.90. The number of nitrogens with zero attached hydrogens (tertiary/aromatic N) is 18. The van der Waals surface area contributed by atoms with Gasteiger partial charge in [0.2, 0.25) is 0 Å². The molecule has 1 saturated carbocycles. The minimum atomic E-state index is -0.110. The third kappa shape index (κ3) is 11.4. The topological polar surface area (TPSA) is 178 Å². The molecule has 4 N–H and O–H groups in total. The number of hydrogen-bond donors (Lipinski definition) is 3. The van der Waals surface area contributed by atoms with Crippen LogP contribution in [0.5, 0.6) is 0 Å². The molecule has 16 rings (SSSR count). The highest BCUT2D eigenvalue weighted by Gasteiger charge is 2.50. The molecule has 7 aliphatic rings. The number of pyridine rings is 6. The molecule has 6 aliphatic heterocycles. The van der Waals surface area contributed by atoms with Gasteiger partial charge in [-0.05, 0) is 198 Å². The Morgan fingerprint density at radius 3 is 1.75 bits per heavy atom. The first-order valence-corrected chi connectivity index (χ1v) is 36.2. The Morgan fingerprint density at radius 1 is 0.515 bits per heavy atom. The quantitative estimate of drug-likeness (QED) is 0.0992. The van der Waals surface area contributed by atoms with E-state index in [1.54, 1.807) is 0 Å². The van der Waals surface area contributed by atoms with Crippen molar-refractivity contribution >= 4 is 74.8 Å². The number of halogens is 2. The maximum absolute atomic E-state index is 11.2. The Hall–Kier alpha value is -7.18. The molecule has 1 aliphatic carbocycles. The zero-order chi connectivity index (χ0) is 66.7. The fourth-order valence-electron chi connectivity index (χ4n) is 17.6. The van der Waals surface area contributed by atoms with Gasteiger partial charge in [-0.25, -0.2) is 15.0 Å². The summed E-state index contributed by atoms with van der Waals surface area (Å²) < 4.78 is 6.58. The molecule has 0 radical (unpaired) electrons. The molecule has 9 aromatic heterocycles. The number of aliphatic hydroxyl groups excluding tert-OH is 1. The number of aromatic nitrogens is 9. The Bertz CT molecular complexity index is 4430. The predicted octanol–water partition coefficient (Wildman–Crippen LogP) is 11.7. The molecule has 0 aromatic carbocycles. The van der Waals surface area contributed by atoms with Crippen LogP contribution in [-0.4, -0.2) is 197 Å². The summed E-state index contributed by atoms with van der Waals surface area (Å²) in [7, 11) is 13.3. The Labute approximate surface area is 579 Å². The number of likely N-dealkylation sites (tertiary alicyclic amines) is 3. The highest BCUT2D eigenvalue weighted by atomic mass is 35.5. The zero-order valence-corrected chi connectivity index (χ0v) is 59.2. The number of piperazine rings is 3.